The van der Waals surface area contributed by atoms with Crippen LogP contribution in [0.1, 0.15) is 18.1 Å². The number of aryl methyl sites for hydroxylation is 1. The van der Waals surface area contributed by atoms with Crippen LogP contribution in [0.15, 0.2) is 18.5 Å². The van der Waals surface area contributed by atoms with Gasteiger partial charge in [0.1, 0.15) is 0 Å². The third-order valence-corrected chi connectivity index (χ3v) is 4.37. The van der Waals surface area contributed by atoms with E-state index in [-0.39, 0.29) is 0 Å². The summed E-state index contributed by atoms with van der Waals surface area (Å²) in [4.78, 5) is 6.90. The monoisotopic (exact) mass is 231 g/mol. The van der Waals surface area contributed by atoms with Gasteiger partial charge in [-0.05, 0) is 49.9 Å². The molecular formula is C14H21N3. The number of hydrogen-bond donors (Lipinski definition) is 1. The second-order valence-corrected chi connectivity index (χ2v) is 5.62. The van der Waals surface area contributed by atoms with Crippen LogP contribution in [0.25, 0.3) is 0 Å². The molecule has 3 atom stereocenters. The highest BCUT2D eigenvalue weighted by atomic mass is 15.2. The Kier molecular flexibility index (Phi) is 2.89. The fourth-order valence-corrected chi connectivity index (χ4v) is 3.40. The van der Waals surface area contributed by atoms with E-state index in [1.165, 1.54) is 30.8 Å². The molecule has 1 aromatic heterocycles. The first kappa shape index (κ1) is 11.2. The molecule has 17 heavy (non-hydrogen) atoms. The molecule has 2 saturated heterocycles. The topological polar surface area (TPSA) is 28.2 Å². The number of likely N-dealkylation sites (tertiary alicyclic amines) is 1. The van der Waals surface area contributed by atoms with E-state index >= 15 is 0 Å². The lowest BCUT2D eigenvalue weighted by Gasteiger charge is -2.24. The molecule has 2 aliphatic heterocycles. The Bertz CT molecular complexity index is 404. The van der Waals surface area contributed by atoms with Gasteiger partial charge in [-0.2, -0.15) is 0 Å². The molecule has 3 heteroatoms. The third kappa shape index (κ3) is 2.09. The molecule has 1 N–H and O–H groups in total. The van der Waals surface area contributed by atoms with Crippen LogP contribution in [0.2, 0.25) is 0 Å². The average Bonchev–Trinajstić information content (AvgIpc) is 2.84. The predicted octanol–water partition coefficient (Wildman–Crippen LogP) is 1.43. The molecule has 0 amide bonds. The molecule has 3 nitrogen and oxygen atoms in total. The molecule has 0 aromatic carbocycles. The van der Waals surface area contributed by atoms with Gasteiger partial charge >= 0.3 is 0 Å². The van der Waals surface area contributed by atoms with E-state index in [9.17, 15) is 0 Å². The van der Waals surface area contributed by atoms with Crippen LogP contribution >= 0.6 is 0 Å². The molecule has 2 aliphatic rings. The number of pyridine rings is 1. The summed E-state index contributed by atoms with van der Waals surface area (Å²) in [5.74, 6) is 1.72. The molecule has 92 valence electrons. The largest absolute Gasteiger partial charge is 0.316 e. The first-order valence-corrected chi connectivity index (χ1v) is 6.59. The van der Waals surface area contributed by atoms with E-state index in [0.29, 0.717) is 6.04 Å². The van der Waals surface area contributed by atoms with Gasteiger partial charge in [0.05, 0.1) is 0 Å². The van der Waals surface area contributed by atoms with Crippen molar-refractivity contribution in [2.45, 2.75) is 26.4 Å². The van der Waals surface area contributed by atoms with Gasteiger partial charge in [-0.25, -0.2) is 0 Å². The molecule has 1 aromatic rings. The highest BCUT2D eigenvalue weighted by Gasteiger charge is 2.41. The van der Waals surface area contributed by atoms with Gasteiger partial charge in [0.2, 0.25) is 0 Å². The van der Waals surface area contributed by atoms with Crippen molar-refractivity contribution >= 4 is 0 Å². The molecule has 0 saturated carbocycles. The van der Waals surface area contributed by atoms with Crippen molar-refractivity contribution in [3.05, 3.63) is 29.6 Å². The minimum Gasteiger partial charge on any atom is -0.316 e. The quantitative estimate of drug-likeness (QED) is 0.834. The van der Waals surface area contributed by atoms with Crippen molar-refractivity contribution < 1.29 is 0 Å². The van der Waals surface area contributed by atoms with E-state index in [1.54, 1.807) is 0 Å². The van der Waals surface area contributed by atoms with Gasteiger partial charge < -0.3 is 5.32 Å². The van der Waals surface area contributed by atoms with E-state index in [0.717, 1.165) is 18.4 Å². The van der Waals surface area contributed by atoms with Gasteiger partial charge in [-0.1, -0.05) is 6.07 Å². The van der Waals surface area contributed by atoms with Crippen molar-refractivity contribution in [1.29, 1.82) is 0 Å². The zero-order chi connectivity index (χ0) is 11.8. The number of fused-ring (bicyclic) bond motifs is 1. The van der Waals surface area contributed by atoms with Gasteiger partial charge in [-0.15, -0.1) is 0 Å². The summed E-state index contributed by atoms with van der Waals surface area (Å²) in [5, 5.41) is 3.51. The molecule has 0 spiro atoms. The number of rotatable bonds is 2. The lowest BCUT2D eigenvalue weighted by Crippen LogP contribution is -2.32. The summed E-state index contributed by atoms with van der Waals surface area (Å²) in [6.07, 6.45) is 3.93. The maximum atomic E-state index is 4.28. The third-order valence-electron chi connectivity index (χ3n) is 4.37. The lowest BCUT2D eigenvalue weighted by molar-refractivity contribution is 0.231. The number of aromatic nitrogens is 1. The first-order chi connectivity index (χ1) is 8.24. The second kappa shape index (κ2) is 4.39. The van der Waals surface area contributed by atoms with Crippen molar-refractivity contribution in [3.8, 4) is 0 Å². The number of hydrogen-bond acceptors (Lipinski definition) is 3. The van der Waals surface area contributed by atoms with Crippen LogP contribution < -0.4 is 5.32 Å². The summed E-state index contributed by atoms with van der Waals surface area (Å²) in [5.41, 5.74) is 2.61. The van der Waals surface area contributed by atoms with Crippen LogP contribution in [0.5, 0.6) is 0 Å². The van der Waals surface area contributed by atoms with E-state index in [4.69, 9.17) is 0 Å². The van der Waals surface area contributed by atoms with Crippen LogP contribution in [-0.2, 0) is 6.54 Å². The fraction of sp³-hybridized carbons (Fsp3) is 0.643. The highest BCUT2D eigenvalue weighted by molar-refractivity contribution is 5.17. The average molecular weight is 231 g/mol. The van der Waals surface area contributed by atoms with Gasteiger partial charge in [0.15, 0.2) is 0 Å². The fourth-order valence-electron chi connectivity index (χ4n) is 3.40. The molecule has 0 aliphatic carbocycles. The minimum atomic E-state index is 0.704. The standard InChI is InChI=1S/C14H21N3/c1-10-3-12(5-15-4-10)8-17-9-13-6-16-7-14(13)11(17)2/h3-5,11,13-14,16H,6-9H2,1-2H3. The lowest BCUT2D eigenvalue weighted by atomic mass is 9.95. The molecule has 0 radical (unpaired) electrons. The van der Waals surface area contributed by atoms with E-state index in [2.05, 4.69) is 35.1 Å². The van der Waals surface area contributed by atoms with Crippen LogP contribution in [-0.4, -0.2) is 35.6 Å². The van der Waals surface area contributed by atoms with Crippen molar-refractivity contribution in [1.82, 2.24) is 15.2 Å². The van der Waals surface area contributed by atoms with Crippen molar-refractivity contribution in [3.63, 3.8) is 0 Å². The summed E-state index contributed by atoms with van der Waals surface area (Å²) in [7, 11) is 0. The Hall–Kier alpha value is -0.930. The Morgan fingerprint density at radius 3 is 3.06 bits per heavy atom. The molecule has 3 unspecified atom stereocenters. The van der Waals surface area contributed by atoms with Gasteiger partial charge in [-0.3, -0.25) is 9.88 Å². The minimum absolute atomic E-state index is 0.704. The Balaban J connectivity index is 1.70. The summed E-state index contributed by atoms with van der Waals surface area (Å²) < 4.78 is 0. The maximum absolute atomic E-state index is 4.28. The van der Waals surface area contributed by atoms with Crippen molar-refractivity contribution in [2.75, 3.05) is 19.6 Å². The molecule has 3 rings (SSSR count). The Morgan fingerprint density at radius 1 is 1.41 bits per heavy atom. The maximum Gasteiger partial charge on any atom is 0.0313 e. The zero-order valence-corrected chi connectivity index (χ0v) is 10.7. The highest BCUT2D eigenvalue weighted by Crippen LogP contribution is 2.33. The predicted molar refractivity (Wildman–Crippen MR) is 68.7 cm³/mol. The summed E-state index contributed by atoms with van der Waals surface area (Å²) >= 11 is 0. The van der Waals surface area contributed by atoms with Crippen LogP contribution in [0.3, 0.4) is 0 Å². The van der Waals surface area contributed by atoms with Gasteiger partial charge in [0, 0.05) is 31.5 Å². The smallest absolute Gasteiger partial charge is 0.0313 e. The first-order valence-electron chi connectivity index (χ1n) is 6.59. The SMILES string of the molecule is Cc1cncc(CN2CC3CNCC3C2C)c1. The van der Waals surface area contributed by atoms with E-state index in [1.807, 2.05) is 12.4 Å². The summed E-state index contributed by atoms with van der Waals surface area (Å²) in [6.45, 7) is 9.20. The second-order valence-electron chi connectivity index (χ2n) is 5.62. The van der Waals surface area contributed by atoms with Crippen LogP contribution in [0.4, 0.5) is 0 Å². The van der Waals surface area contributed by atoms with E-state index < -0.39 is 0 Å². The molecule has 3 heterocycles. The number of nitrogens with zero attached hydrogens (tertiary/aromatic N) is 2. The summed E-state index contributed by atoms with van der Waals surface area (Å²) in [6, 6.07) is 2.96. The zero-order valence-electron chi connectivity index (χ0n) is 10.7. The van der Waals surface area contributed by atoms with Crippen molar-refractivity contribution in [2.24, 2.45) is 11.8 Å². The number of nitrogens with one attached hydrogen (secondary N) is 1. The Morgan fingerprint density at radius 2 is 2.29 bits per heavy atom. The molecule has 2 fully saturated rings. The van der Waals surface area contributed by atoms with Gasteiger partial charge in [0.25, 0.3) is 0 Å². The normalized spacial score (nSPS) is 32.9. The molecule has 0 bridgehead atoms. The molecular weight excluding hydrogens is 210 g/mol. The van der Waals surface area contributed by atoms with Crippen LogP contribution in [0, 0.1) is 18.8 Å². The Labute approximate surface area is 103 Å².